The van der Waals surface area contributed by atoms with Crippen LogP contribution in [0.15, 0.2) is 0 Å². The Morgan fingerprint density at radius 2 is 1.62 bits per heavy atom. The molecule has 3 nitrogen and oxygen atoms in total. The summed E-state index contributed by atoms with van der Waals surface area (Å²) in [6, 6.07) is 0. The van der Waals surface area contributed by atoms with Crippen molar-refractivity contribution in [3.63, 3.8) is 0 Å². The zero-order valence-corrected chi connectivity index (χ0v) is 17.1. The number of phenols is 1. The van der Waals surface area contributed by atoms with Gasteiger partial charge in [-0.2, -0.15) is 0 Å². The molecule has 2 rings (SSSR count). The lowest BCUT2D eigenvalue weighted by Gasteiger charge is -2.38. The summed E-state index contributed by atoms with van der Waals surface area (Å²) in [5.41, 5.74) is 3.66. The van der Waals surface area contributed by atoms with Crippen molar-refractivity contribution in [2.75, 3.05) is 0 Å². The van der Waals surface area contributed by atoms with Gasteiger partial charge >= 0.3 is 0 Å². The summed E-state index contributed by atoms with van der Waals surface area (Å²) < 4.78 is 6.25. The number of ketones is 1. The Balaban J connectivity index is 0.00000123. The Hall–Kier alpha value is -1.51. The molecule has 1 heterocycles. The number of hydrogen-bond acceptors (Lipinski definition) is 3. The second-order valence-electron chi connectivity index (χ2n) is 6.29. The zero-order chi connectivity index (χ0) is 19.1. The van der Waals surface area contributed by atoms with Crippen molar-refractivity contribution in [2.45, 2.75) is 93.6 Å². The van der Waals surface area contributed by atoms with E-state index in [0.717, 1.165) is 47.3 Å². The molecule has 0 saturated carbocycles. The van der Waals surface area contributed by atoms with Crippen LogP contribution in [0.4, 0.5) is 0 Å². The molecule has 0 radical (unpaired) electrons. The largest absolute Gasteiger partial charge is 0.507 e. The van der Waals surface area contributed by atoms with Crippen LogP contribution in [0, 0.1) is 20.8 Å². The van der Waals surface area contributed by atoms with Crippen molar-refractivity contribution in [1.29, 1.82) is 0 Å². The van der Waals surface area contributed by atoms with Gasteiger partial charge < -0.3 is 14.6 Å². The normalized spacial score (nSPS) is 18.2. The van der Waals surface area contributed by atoms with Gasteiger partial charge in [-0.15, -0.1) is 0 Å². The molecular formula is C21H36O3. The van der Waals surface area contributed by atoms with Gasteiger partial charge in [0.2, 0.25) is 0 Å². The van der Waals surface area contributed by atoms with Crippen LogP contribution in [0.2, 0.25) is 0 Å². The molecule has 1 unspecified atom stereocenters. The standard InChI is InChI=1S/C17H24O3.2C2H6/c1-10(18)6-8-17(5)9-7-14-13(4)15(19)11(2)12(3)16(14)20-17;2*1-2/h19H,6-9H2,1-5H3;2*1-2H3. The molecule has 0 bridgehead atoms. The molecule has 0 aliphatic carbocycles. The molecule has 24 heavy (non-hydrogen) atoms. The van der Waals surface area contributed by atoms with Gasteiger partial charge in [0.25, 0.3) is 0 Å². The van der Waals surface area contributed by atoms with E-state index in [2.05, 4.69) is 6.92 Å². The first-order valence-electron chi connectivity index (χ1n) is 9.25. The van der Waals surface area contributed by atoms with E-state index >= 15 is 0 Å². The summed E-state index contributed by atoms with van der Waals surface area (Å²) in [5, 5.41) is 10.1. The van der Waals surface area contributed by atoms with Crippen LogP contribution < -0.4 is 4.74 Å². The van der Waals surface area contributed by atoms with Crippen LogP contribution in [-0.2, 0) is 11.2 Å². The minimum absolute atomic E-state index is 0.204. The summed E-state index contributed by atoms with van der Waals surface area (Å²) in [7, 11) is 0. The van der Waals surface area contributed by atoms with Crippen molar-refractivity contribution >= 4 is 5.78 Å². The molecule has 0 spiro atoms. The van der Waals surface area contributed by atoms with Gasteiger partial charge in [0.05, 0.1) is 0 Å². The highest BCUT2D eigenvalue weighted by atomic mass is 16.5. The summed E-state index contributed by atoms with van der Waals surface area (Å²) in [4.78, 5) is 11.2. The molecule has 138 valence electrons. The minimum atomic E-state index is -0.278. The van der Waals surface area contributed by atoms with Crippen molar-refractivity contribution in [1.82, 2.24) is 0 Å². The Labute approximate surface area is 148 Å². The van der Waals surface area contributed by atoms with Crippen LogP contribution in [-0.4, -0.2) is 16.5 Å². The quantitative estimate of drug-likeness (QED) is 0.756. The first-order valence-corrected chi connectivity index (χ1v) is 9.25. The molecule has 0 fully saturated rings. The molecule has 0 aromatic heterocycles. The third-order valence-electron chi connectivity index (χ3n) is 4.60. The fourth-order valence-corrected chi connectivity index (χ4v) is 2.91. The first-order chi connectivity index (χ1) is 11.2. The number of Topliss-reactive ketones (excluding diaryl/α,β-unsaturated/α-hetero) is 1. The summed E-state index contributed by atoms with van der Waals surface area (Å²) in [6.07, 6.45) is 3.08. The molecule has 1 aliphatic rings. The van der Waals surface area contributed by atoms with Gasteiger partial charge in [0, 0.05) is 12.0 Å². The first kappa shape index (κ1) is 22.5. The van der Waals surface area contributed by atoms with E-state index in [9.17, 15) is 9.90 Å². The van der Waals surface area contributed by atoms with Gasteiger partial charge in [-0.1, -0.05) is 27.7 Å². The second-order valence-corrected chi connectivity index (χ2v) is 6.29. The minimum Gasteiger partial charge on any atom is -0.507 e. The SMILES string of the molecule is CC.CC.CC(=O)CCC1(C)CCc2c(C)c(O)c(C)c(C)c2O1. The summed E-state index contributed by atoms with van der Waals surface area (Å²) >= 11 is 0. The molecular weight excluding hydrogens is 300 g/mol. The fourth-order valence-electron chi connectivity index (χ4n) is 2.91. The van der Waals surface area contributed by atoms with Crippen LogP contribution in [0.3, 0.4) is 0 Å². The summed E-state index contributed by atoms with van der Waals surface area (Å²) in [6.45, 7) is 17.6. The summed E-state index contributed by atoms with van der Waals surface area (Å²) in [5.74, 6) is 1.50. The average molecular weight is 337 g/mol. The highest BCUT2D eigenvalue weighted by molar-refractivity contribution is 5.75. The van der Waals surface area contributed by atoms with E-state index in [0.29, 0.717) is 12.2 Å². The van der Waals surface area contributed by atoms with Gasteiger partial charge in [0.1, 0.15) is 22.9 Å². The molecule has 1 aliphatic heterocycles. The van der Waals surface area contributed by atoms with E-state index in [1.807, 2.05) is 48.5 Å². The molecule has 1 aromatic rings. The highest BCUT2D eigenvalue weighted by Crippen LogP contribution is 2.44. The van der Waals surface area contributed by atoms with E-state index in [1.54, 1.807) is 6.92 Å². The van der Waals surface area contributed by atoms with Gasteiger partial charge in [-0.05, 0) is 70.6 Å². The molecule has 0 saturated heterocycles. The maximum absolute atomic E-state index is 11.2. The van der Waals surface area contributed by atoms with Crippen LogP contribution in [0.1, 0.15) is 83.1 Å². The molecule has 1 N–H and O–H groups in total. The van der Waals surface area contributed by atoms with E-state index < -0.39 is 0 Å². The number of hydrogen-bond donors (Lipinski definition) is 1. The number of benzene rings is 1. The molecule has 1 atom stereocenters. The maximum atomic E-state index is 11.2. The number of phenolic OH excluding ortho intramolecular Hbond substituents is 1. The number of rotatable bonds is 3. The Morgan fingerprint density at radius 3 is 2.12 bits per heavy atom. The lowest BCUT2D eigenvalue weighted by atomic mass is 9.84. The zero-order valence-electron chi connectivity index (χ0n) is 17.1. The van der Waals surface area contributed by atoms with Crippen LogP contribution in [0.5, 0.6) is 11.5 Å². The number of ether oxygens (including phenoxy) is 1. The van der Waals surface area contributed by atoms with Gasteiger partial charge in [-0.3, -0.25) is 0 Å². The van der Waals surface area contributed by atoms with E-state index in [4.69, 9.17) is 4.74 Å². The third kappa shape index (κ3) is 4.99. The number of carbonyl (C=O) groups is 1. The Kier molecular flexibility index (Phi) is 9.09. The van der Waals surface area contributed by atoms with Crippen molar-refractivity contribution in [3.05, 3.63) is 22.3 Å². The van der Waals surface area contributed by atoms with Crippen molar-refractivity contribution in [3.8, 4) is 11.5 Å². The van der Waals surface area contributed by atoms with Crippen LogP contribution >= 0.6 is 0 Å². The van der Waals surface area contributed by atoms with Gasteiger partial charge in [-0.25, -0.2) is 0 Å². The highest BCUT2D eigenvalue weighted by Gasteiger charge is 2.34. The molecule has 0 amide bonds. The van der Waals surface area contributed by atoms with E-state index in [-0.39, 0.29) is 11.4 Å². The third-order valence-corrected chi connectivity index (χ3v) is 4.60. The predicted octanol–water partition coefficient (Wildman–Crippen LogP) is 5.82. The average Bonchev–Trinajstić information content (AvgIpc) is 2.60. The smallest absolute Gasteiger partial charge is 0.129 e. The van der Waals surface area contributed by atoms with E-state index in [1.165, 1.54) is 0 Å². The number of fused-ring (bicyclic) bond motifs is 1. The van der Waals surface area contributed by atoms with Crippen molar-refractivity contribution in [2.24, 2.45) is 0 Å². The maximum Gasteiger partial charge on any atom is 0.129 e. The monoisotopic (exact) mass is 336 g/mol. The topological polar surface area (TPSA) is 46.5 Å². The Morgan fingerprint density at radius 1 is 1.08 bits per heavy atom. The second kappa shape index (κ2) is 9.71. The van der Waals surface area contributed by atoms with Crippen molar-refractivity contribution < 1.29 is 14.6 Å². The lowest BCUT2D eigenvalue weighted by Crippen LogP contribution is -2.37. The number of aromatic hydroxyl groups is 1. The van der Waals surface area contributed by atoms with Crippen LogP contribution in [0.25, 0.3) is 0 Å². The number of carbonyl (C=O) groups excluding carboxylic acids is 1. The lowest BCUT2D eigenvalue weighted by molar-refractivity contribution is -0.118. The predicted molar refractivity (Wildman–Crippen MR) is 102 cm³/mol. The molecule has 1 aromatic carbocycles. The van der Waals surface area contributed by atoms with Gasteiger partial charge in [0.15, 0.2) is 0 Å². The fraction of sp³-hybridized carbons (Fsp3) is 0.667. The molecule has 3 heteroatoms. The Bertz CT molecular complexity index is 561.